The fourth-order valence-corrected chi connectivity index (χ4v) is 2.63. The summed E-state index contributed by atoms with van der Waals surface area (Å²) in [6.45, 7) is 0.766. The molecule has 0 aliphatic heterocycles. The van der Waals surface area contributed by atoms with Crippen molar-refractivity contribution >= 4 is 29.1 Å². The zero-order valence-corrected chi connectivity index (χ0v) is 14.6. The smallest absolute Gasteiger partial charge is 0.224 e. The minimum absolute atomic E-state index is 0.544. The fourth-order valence-electron chi connectivity index (χ4n) is 2.37. The molecule has 0 aliphatic rings. The predicted octanol–water partition coefficient (Wildman–Crippen LogP) is 4.54. The molecular weight excluding hydrogens is 336 g/mol. The lowest BCUT2D eigenvalue weighted by Gasteiger charge is -2.10. The highest BCUT2D eigenvalue weighted by molar-refractivity contribution is 6.32. The van der Waals surface area contributed by atoms with E-state index in [1.165, 1.54) is 5.56 Å². The van der Waals surface area contributed by atoms with Crippen molar-refractivity contribution in [3.63, 3.8) is 0 Å². The van der Waals surface area contributed by atoms with Crippen LogP contribution in [0.15, 0.2) is 60.8 Å². The molecule has 0 aliphatic carbocycles. The third kappa shape index (κ3) is 4.84. The van der Waals surface area contributed by atoms with Gasteiger partial charge in [-0.15, -0.1) is 0 Å². The van der Waals surface area contributed by atoms with Crippen LogP contribution in [0.2, 0.25) is 5.02 Å². The SMILES string of the molecule is COc1ccc(Nc2ccnc(NCCc3ccccc3)n2)cc1Cl. The van der Waals surface area contributed by atoms with Gasteiger partial charge in [0, 0.05) is 18.4 Å². The number of nitrogens with one attached hydrogen (secondary N) is 2. The zero-order valence-electron chi connectivity index (χ0n) is 13.9. The summed E-state index contributed by atoms with van der Waals surface area (Å²) >= 11 is 6.14. The Bertz CT molecular complexity index is 827. The summed E-state index contributed by atoms with van der Waals surface area (Å²) in [5, 5.41) is 7.00. The van der Waals surface area contributed by atoms with Gasteiger partial charge in [0.1, 0.15) is 11.6 Å². The van der Waals surface area contributed by atoms with Crippen molar-refractivity contribution in [1.82, 2.24) is 9.97 Å². The van der Waals surface area contributed by atoms with E-state index in [-0.39, 0.29) is 0 Å². The minimum atomic E-state index is 0.544. The maximum atomic E-state index is 6.14. The molecule has 3 aromatic rings. The van der Waals surface area contributed by atoms with Crippen LogP contribution in [0.3, 0.4) is 0 Å². The molecule has 2 N–H and O–H groups in total. The number of ether oxygens (including phenoxy) is 1. The first kappa shape index (κ1) is 17.0. The van der Waals surface area contributed by atoms with E-state index in [4.69, 9.17) is 16.3 Å². The number of benzene rings is 2. The van der Waals surface area contributed by atoms with E-state index in [0.29, 0.717) is 22.5 Å². The summed E-state index contributed by atoms with van der Waals surface area (Å²) in [6, 6.07) is 17.6. The molecule has 0 atom stereocenters. The maximum absolute atomic E-state index is 6.14. The van der Waals surface area contributed by atoms with Gasteiger partial charge < -0.3 is 15.4 Å². The molecule has 0 amide bonds. The fraction of sp³-hybridized carbons (Fsp3) is 0.158. The van der Waals surface area contributed by atoms with Crippen molar-refractivity contribution in [2.45, 2.75) is 6.42 Å². The van der Waals surface area contributed by atoms with E-state index in [1.807, 2.05) is 30.3 Å². The quantitative estimate of drug-likeness (QED) is 0.652. The number of hydrogen-bond donors (Lipinski definition) is 2. The van der Waals surface area contributed by atoms with Gasteiger partial charge in [-0.2, -0.15) is 4.98 Å². The number of halogens is 1. The van der Waals surface area contributed by atoms with Gasteiger partial charge in [-0.25, -0.2) is 4.98 Å². The molecule has 5 nitrogen and oxygen atoms in total. The van der Waals surface area contributed by atoms with Crippen molar-refractivity contribution in [1.29, 1.82) is 0 Å². The zero-order chi connectivity index (χ0) is 17.5. The monoisotopic (exact) mass is 354 g/mol. The van der Waals surface area contributed by atoms with E-state index in [9.17, 15) is 0 Å². The van der Waals surface area contributed by atoms with Crippen LogP contribution in [0.1, 0.15) is 5.56 Å². The first-order valence-corrected chi connectivity index (χ1v) is 8.34. The van der Waals surface area contributed by atoms with Crippen LogP contribution in [0, 0.1) is 0 Å². The molecule has 0 fully saturated rings. The Morgan fingerprint density at radius 2 is 1.92 bits per heavy atom. The van der Waals surface area contributed by atoms with Crippen molar-refractivity contribution in [2.75, 3.05) is 24.3 Å². The van der Waals surface area contributed by atoms with Gasteiger partial charge in [0.15, 0.2) is 0 Å². The van der Waals surface area contributed by atoms with Gasteiger partial charge in [-0.3, -0.25) is 0 Å². The van der Waals surface area contributed by atoms with Gasteiger partial charge in [-0.1, -0.05) is 41.9 Å². The highest BCUT2D eigenvalue weighted by Crippen LogP contribution is 2.28. The molecule has 2 aromatic carbocycles. The summed E-state index contributed by atoms with van der Waals surface area (Å²) in [5.74, 6) is 1.91. The van der Waals surface area contributed by atoms with Gasteiger partial charge in [0.2, 0.25) is 5.95 Å². The Labute approximate surface area is 152 Å². The topological polar surface area (TPSA) is 59.1 Å². The van der Waals surface area contributed by atoms with E-state index < -0.39 is 0 Å². The van der Waals surface area contributed by atoms with Crippen molar-refractivity contribution in [3.05, 3.63) is 71.4 Å². The molecule has 1 aromatic heterocycles. The van der Waals surface area contributed by atoms with E-state index >= 15 is 0 Å². The second kappa shape index (κ2) is 8.35. The van der Waals surface area contributed by atoms with Gasteiger partial charge in [0.25, 0.3) is 0 Å². The molecule has 0 radical (unpaired) electrons. The Balaban J connectivity index is 1.60. The van der Waals surface area contributed by atoms with E-state index in [2.05, 4.69) is 32.7 Å². The molecule has 0 saturated heterocycles. The average Bonchev–Trinajstić information content (AvgIpc) is 2.63. The van der Waals surface area contributed by atoms with Gasteiger partial charge >= 0.3 is 0 Å². The average molecular weight is 355 g/mol. The van der Waals surface area contributed by atoms with Crippen molar-refractivity contribution in [3.8, 4) is 5.75 Å². The molecular formula is C19H19ClN4O. The van der Waals surface area contributed by atoms with E-state index in [0.717, 1.165) is 18.7 Å². The lowest BCUT2D eigenvalue weighted by molar-refractivity contribution is 0.415. The second-order valence-electron chi connectivity index (χ2n) is 5.40. The number of hydrogen-bond acceptors (Lipinski definition) is 5. The Kier molecular flexibility index (Phi) is 5.69. The Hall–Kier alpha value is -2.79. The summed E-state index contributed by atoms with van der Waals surface area (Å²) in [4.78, 5) is 8.71. The van der Waals surface area contributed by atoms with Gasteiger partial charge in [0.05, 0.1) is 12.1 Å². The molecule has 3 rings (SSSR count). The third-order valence-electron chi connectivity index (χ3n) is 3.62. The lowest BCUT2D eigenvalue weighted by Crippen LogP contribution is -2.08. The molecule has 128 valence electrons. The van der Waals surface area contributed by atoms with Crippen LogP contribution >= 0.6 is 11.6 Å². The van der Waals surface area contributed by atoms with Crippen LogP contribution in [-0.2, 0) is 6.42 Å². The predicted molar refractivity (Wildman–Crippen MR) is 102 cm³/mol. The number of nitrogens with zero attached hydrogens (tertiary/aromatic N) is 2. The third-order valence-corrected chi connectivity index (χ3v) is 3.91. The summed E-state index contributed by atoms with van der Waals surface area (Å²) < 4.78 is 5.15. The highest BCUT2D eigenvalue weighted by Gasteiger charge is 2.04. The second-order valence-corrected chi connectivity index (χ2v) is 5.81. The van der Waals surface area contributed by atoms with Crippen LogP contribution in [0.25, 0.3) is 0 Å². The maximum Gasteiger partial charge on any atom is 0.224 e. The normalized spacial score (nSPS) is 10.3. The van der Waals surface area contributed by atoms with Crippen molar-refractivity contribution in [2.24, 2.45) is 0 Å². The molecule has 6 heteroatoms. The summed E-state index contributed by atoms with van der Waals surface area (Å²) in [5.41, 5.74) is 2.11. The highest BCUT2D eigenvalue weighted by atomic mass is 35.5. The number of methoxy groups -OCH3 is 1. The number of aromatic nitrogens is 2. The molecule has 0 bridgehead atoms. The first-order chi connectivity index (χ1) is 12.2. The van der Waals surface area contributed by atoms with E-state index in [1.54, 1.807) is 25.4 Å². The first-order valence-electron chi connectivity index (χ1n) is 7.96. The van der Waals surface area contributed by atoms with Crippen LogP contribution in [0.5, 0.6) is 5.75 Å². The summed E-state index contributed by atoms with van der Waals surface area (Å²) in [6.07, 6.45) is 2.63. The summed E-state index contributed by atoms with van der Waals surface area (Å²) in [7, 11) is 1.59. The van der Waals surface area contributed by atoms with Crippen LogP contribution in [0.4, 0.5) is 17.5 Å². The molecule has 0 unspecified atom stereocenters. The number of anilines is 3. The van der Waals surface area contributed by atoms with Gasteiger partial charge in [-0.05, 0) is 36.2 Å². The largest absolute Gasteiger partial charge is 0.495 e. The minimum Gasteiger partial charge on any atom is -0.495 e. The molecule has 25 heavy (non-hydrogen) atoms. The number of rotatable bonds is 7. The Morgan fingerprint density at radius 1 is 1.08 bits per heavy atom. The van der Waals surface area contributed by atoms with Crippen LogP contribution in [-0.4, -0.2) is 23.6 Å². The Morgan fingerprint density at radius 3 is 2.68 bits per heavy atom. The van der Waals surface area contributed by atoms with Crippen molar-refractivity contribution < 1.29 is 4.74 Å². The molecule has 1 heterocycles. The molecule has 0 saturated carbocycles. The lowest BCUT2D eigenvalue weighted by atomic mass is 10.1. The molecule has 0 spiro atoms. The standard InChI is InChI=1S/C19H19ClN4O/c1-25-17-8-7-15(13-16(17)20)23-18-10-12-22-19(24-18)21-11-9-14-5-3-2-4-6-14/h2-8,10,12-13H,9,11H2,1H3,(H2,21,22,23,24). The van der Waals surface area contributed by atoms with Crippen LogP contribution < -0.4 is 15.4 Å².